The summed E-state index contributed by atoms with van der Waals surface area (Å²) in [6.45, 7) is 7.05. The molecule has 2 aliphatic heterocycles. The van der Waals surface area contributed by atoms with Gasteiger partial charge in [-0.05, 0) is 43.2 Å². The first-order chi connectivity index (χ1) is 15.1. The molecule has 1 aromatic heterocycles. The number of aromatic nitrogens is 1. The molecular weight excluding hydrogens is 397 g/mol. The summed E-state index contributed by atoms with van der Waals surface area (Å²) in [5.74, 6) is 1.03. The van der Waals surface area contributed by atoms with E-state index in [1.165, 1.54) is 17.9 Å². The Kier molecular flexibility index (Phi) is 5.38. The normalized spacial score (nSPS) is 19.4. The summed E-state index contributed by atoms with van der Waals surface area (Å²) in [7, 11) is 0. The van der Waals surface area contributed by atoms with Crippen LogP contribution in [-0.2, 0) is 13.0 Å². The van der Waals surface area contributed by atoms with Crippen LogP contribution >= 0.6 is 0 Å². The van der Waals surface area contributed by atoms with Gasteiger partial charge in [-0.25, -0.2) is 9.18 Å². The van der Waals surface area contributed by atoms with E-state index in [1.807, 2.05) is 12.1 Å². The number of halogens is 1. The van der Waals surface area contributed by atoms with Crippen molar-refractivity contribution in [3.05, 3.63) is 81.9 Å². The topological polar surface area (TPSA) is 50.9 Å². The Morgan fingerprint density at radius 3 is 2.61 bits per heavy atom. The Morgan fingerprint density at radius 2 is 1.84 bits per heavy atom. The van der Waals surface area contributed by atoms with Crippen LogP contribution in [0.1, 0.15) is 22.7 Å². The van der Waals surface area contributed by atoms with Crippen molar-refractivity contribution in [3.63, 3.8) is 0 Å². The molecule has 2 aliphatic rings. The molecule has 1 saturated heterocycles. The van der Waals surface area contributed by atoms with E-state index in [9.17, 15) is 9.18 Å². The van der Waals surface area contributed by atoms with Gasteiger partial charge in [-0.2, -0.15) is 0 Å². The van der Waals surface area contributed by atoms with E-state index >= 15 is 0 Å². The first-order valence-electron chi connectivity index (χ1n) is 10.7. The van der Waals surface area contributed by atoms with E-state index in [0.29, 0.717) is 6.54 Å². The molecule has 0 saturated carbocycles. The van der Waals surface area contributed by atoms with Crippen molar-refractivity contribution in [2.75, 3.05) is 32.7 Å². The number of ether oxygens (including phenoxy) is 1. The monoisotopic (exact) mass is 423 g/mol. The fourth-order valence-corrected chi connectivity index (χ4v) is 4.61. The second kappa shape index (κ2) is 8.32. The number of piperazine rings is 1. The summed E-state index contributed by atoms with van der Waals surface area (Å²) >= 11 is 0. The third-order valence-corrected chi connectivity index (χ3v) is 6.33. The van der Waals surface area contributed by atoms with Gasteiger partial charge in [0.25, 0.3) is 0 Å². The number of hydrogen-bond acceptors (Lipinski definition) is 5. The fraction of sp³-hybridized carbons (Fsp3) is 0.375. The van der Waals surface area contributed by atoms with Crippen LogP contribution in [0.15, 0.2) is 58.1 Å². The highest BCUT2D eigenvalue weighted by Crippen LogP contribution is 2.41. The molecule has 0 bridgehead atoms. The molecule has 7 heteroatoms. The molecule has 31 heavy (non-hydrogen) atoms. The number of oxazole rings is 1. The highest BCUT2D eigenvalue weighted by Gasteiger charge is 2.31. The maximum absolute atomic E-state index is 14.2. The standard InChI is InChI=1S/C24H26FN3O3/c1-17-2-4-22-18(14-17)15-21(20-16-19(25)3-5-23(20)31-22)27-9-6-26(7-10-27)8-11-28-12-13-30-24(28)29/h2-5,12-14,16,21H,6-11,15H2,1H3. The molecule has 3 heterocycles. The summed E-state index contributed by atoms with van der Waals surface area (Å²) in [4.78, 5) is 16.4. The molecule has 5 rings (SSSR count). The average Bonchev–Trinajstić information content (AvgIpc) is 3.11. The van der Waals surface area contributed by atoms with Gasteiger partial charge in [-0.1, -0.05) is 17.7 Å². The molecular formula is C24H26FN3O3. The largest absolute Gasteiger partial charge is 0.457 e. The molecule has 2 aromatic carbocycles. The zero-order valence-corrected chi connectivity index (χ0v) is 17.6. The smallest absolute Gasteiger partial charge is 0.418 e. The van der Waals surface area contributed by atoms with Crippen LogP contribution in [0.25, 0.3) is 0 Å². The molecule has 0 radical (unpaired) electrons. The molecule has 0 aliphatic carbocycles. The molecule has 162 valence electrons. The molecule has 3 aromatic rings. The van der Waals surface area contributed by atoms with Crippen LogP contribution in [0.4, 0.5) is 4.39 Å². The lowest BCUT2D eigenvalue weighted by Crippen LogP contribution is -2.48. The van der Waals surface area contributed by atoms with E-state index in [-0.39, 0.29) is 17.6 Å². The molecule has 0 N–H and O–H groups in total. The first kappa shape index (κ1) is 20.0. The van der Waals surface area contributed by atoms with Crippen LogP contribution in [0.2, 0.25) is 0 Å². The van der Waals surface area contributed by atoms with Crippen LogP contribution in [0, 0.1) is 12.7 Å². The van der Waals surface area contributed by atoms with Gasteiger partial charge in [-0.3, -0.25) is 14.4 Å². The predicted molar refractivity (Wildman–Crippen MR) is 115 cm³/mol. The minimum Gasteiger partial charge on any atom is -0.457 e. The van der Waals surface area contributed by atoms with E-state index in [0.717, 1.165) is 61.8 Å². The first-order valence-corrected chi connectivity index (χ1v) is 10.7. The number of fused-ring (bicyclic) bond motifs is 2. The Labute approximate surface area is 180 Å². The van der Waals surface area contributed by atoms with E-state index in [4.69, 9.17) is 9.15 Å². The lowest BCUT2D eigenvalue weighted by molar-refractivity contribution is 0.0928. The zero-order valence-electron chi connectivity index (χ0n) is 17.6. The summed E-state index contributed by atoms with van der Waals surface area (Å²) in [6.07, 6.45) is 3.89. The van der Waals surface area contributed by atoms with Crippen molar-refractivity contribution in [1.82, 2.24) is 14.4 Å². The quantitative estimate of drug-likeness (QED) is 0.642. The van der Waals surface area contributed by atoms with Crippen molar-refractivity contribution in [3.8, 4) is 11.5 Å². The number of benzene rings is 2. The van der Waals surface area contributed by atoms with Crippen LogP contribution in [-0.4, -0.2) is 47.1 Å². The third-order valence-electron chi connectivity index (χ3n) is 6.33. The zero-order chi connectivity index (χ0) is 21.4. The van der Waals surface area contributed by atoms with Gasteiger partial charge in [0.2, 0.25) is 0 Å². The second-order valence-corrected chi connectivity index (χ2v) is 8.36. The maximum Gasteiger partial charge on any atom is 0.418 e. The van der Waals surface area contributed by atoms with Gasteiger partial charge in [-0.15, -0.1) is 0 Å². The number of nitrogens with zero attached hydrogens (tertiary/aromatic N) is 3. The molecule has 1 unspecified atom stereocenters. The minimum atomic E-state index is -0.315. The van der Waals surface area contributed by atoms with Crippen molar-refractivity contribution in [2.24, 2.45) is 0 Å². The van der Waals surface area contributed by atoms with Crippen LogP contribution in [0.5, 0.6) is 11.5 Å². The van der Waals surface area contributed by atoms with E-state index in [1.54, 1.807) is 22.9 Å². The van der Waals surface area contributed by atoms with Gasteiger partial charge in [0, 0.05) is 57.1 Å². The molecule has 1 fully saturated rings. The molecule has 0 amide bonds. The Bertz CT molecular complexity index is 1130. The third kappa shape index (κ3) is 4.16. The van der Waals surface area contributed by atoms with Gasteiger partial charge < -0.3 is 9.15 Å². The highest BCUT2D eigenvalue weighted by atomic mass is 19.1. The Hall–Kier alpha value is -2.90. The van der Waals surface area contributed by atoms with Gasteiger partial charge in [0.15, 0.2) is 0 Å². The number of rotatable bonds is 4. The van der Waals surface area contributed by atoms with Gasteiger partial charge in [0.05, 0.1) is 0 Å². The number of aryl methyl sites for hydroxylation is 1. The van der Waals surface area contributed by atoms with Crippen molar-refractivity contribution in [2.45, 2.75) is 25.9 Å². The summed E-state index contributed by atoms with van der Waals surface area (Å²) in [6, 6.07) is 11.1. The lowest BCUT2D eigenvalue weighted by Gasteiger charge is -2.39. The minimum absolute atomic E-state index is 0.0624. The summed E-state index contributed by atoms with van der Waals surface area (Å²) < 4.78 is 26.8. The van der Waals surface area contributed by atoms with Crippen LogP contribution in [0.3, 0.4) is 0 Å². The Balaban J connectivity index is 1.33. The van der Waals surface area contributed by atoms with Crippen molar-refractivity contribution < 1.29 is 13.5 Å². The van der Waals surface area contributed by atoms with Crippen molar-refractivity contribution in [1.29, 1.82) is 0 Å². The summed E-state index contributed by atoms with van der Waals surface area (Å²) in [5, 5.41) is 0. The number of hydrogen-bond donors (Lipinski definition) is 0. The average molecular weight is 423 g/mol. The van der Waals surface area contributed by atoms with Crippen molar-refractivity contribution >= 4 is 0 Å². The van der Waals surface area contributed by atoms with E-state index in [2.05, 4.69) is 22.8 Å². The molecule has 6 nitrogen and oxygen atoms in total. The lowest BCUT2D eigenvalue weighted by atomic mass is 9.95. The van der Waals surface area contributed by atoms with E-state index < -0.39 is 0 Å². The summed E-state index contributed by atoms with van der Waals surface area (Å²) in [5.41, 5.74) is 3.26. The SMILES string of the molecule is Cc1ccc2c(c1)CC(N1CCN(CCn3ccoc3=O)CC1)c1cc(F)ccc1O2. The highest BCUT2D eigenvalue weighted by molar-refractivity contribution is 5.48. The molecule has 0 spiro atoms. The van der Waals surface area contributed by atoms with Gasteiger partial charge in [0.1, 0.15) is 23.6 Å². The Morgan fingerprint density at radius 1 is 1.03 bits per heavy atom. The fourth-order valence-electron chi connectivity index (χ4n) is 4.61. The second-order valence-electron chi connectivity index (χ2n) is 8.36. The molecule has 1 atom stereocenters. The predicted octanol–water partition coefficient (Wildman–Crippen LogP) is 3.60. The maximum atomic E-state index is 14.2. The van der Waals surface area contributed by atoms with Crippen LogP contribution < -0.4 is 10.5 Å². The van der Waals surface area contributed by atoms with Gasteiger partial charge >= 0.3 is 5.76 Å².